The molecule has 0 atom stereocenters. The van der Waals surface area contributed by atoms with Crippen LogP contribution < -0.4 is 0 Å². The highest BCUT2D eigenvalue weighted by atomic mass is 16.5. The van der Waals surface area contributed by atoms with Crippen LogP contribution in [0.1, 0.15) is 50.2 Å². The number of nitrogens with zero attached hydrogens (tertiary/aromatic N) is 1. The van der Waals surface area contributed by atoms with Gasteiger partial charge in [-0.05, 0) is 30.5 Å². The fourth-order valence-electron chi connectivity index (χ4n) is 2.20. The fourth-order valence-corrected chi connectivity index (χ4v) is 2.20. The zero-order valence-corrected chi connectivity index (χ0v) is 11.3. The minimum atomic E-state index is 0.803. The van der Waals surface area contributed by atoms with Crippen LogP contribution in [0.15, 0.2) is 29.3 Å². The van der Waals surface area contributed by atoms with Crippen molar-refractivity contribution in [3.05, 3.63) is 35.4 Å². The first kappa shape index (κ1) is 13.1. The van der Waals surface area contributed by atoms with Crippen molar-refractivity contribution in [1.29, 1.82) is 0 Å². The second kappa shape index (κ2) is 7.20. The molecule has 0 bridgehead atoms. The molecule has 1 aliphatic rings. The van der Waals surface area contributed by atoms with E-state index in [1.165, 1.54) is 37.7 Å². The molecule has 0 aliphatic carbocycles. The summed E-state index contributed by atoms with van der Waals surface area (Å²) >= 11 is 0. The summed E-state index contributed by atoms with van der Waals surface area (Å²) in [6, 6.07) is 8.70. The Labute approximate surface area is 110 Å². The summed E-state index contributed by atoms with van der Waals surface area (Å²) < 4.78 is 5.57. The number of hydrogen-bond acceptors (Lipinski definition) is 2. The molecule has 0 spiro atoms. The van der Waals surface area contributed by atoms with Crippen LogP contribution in [-0.2, 0) is 11.2 Å². The number of benzene rings is 1. The van der Waals surface area contributed by atoms with Gasteiger partial charge >= 0.3 is 0 Å². The van der Waals surface area contributed by atoms with Crippen molar-refractivity contribution in [2.75, 3.05) is 13.2 Å². The minimum Gasteiger partial charge on any atom is -0.477 e. The number of unbranched alkanes of at least 4 members (excludes halogenated alkanes) is 3. The summed E-state index contributed by atoms with van der Waals surface area (Å²) in [6.07, 6.45) is 7.52. The SMILES string of the molecule is CCCCCCc1ccc(C2=NCCCO2)cc1. The minimum absolute atomic E-state index is 0.803. The van der Waals surface area contributed by atoms with E-state index in [1.807, 2.05) is 0 Å². The van der Waals surface area contributed by atoms with Gasteiger partial charge in [0, 0.05) is 18.5 Å². The van der Waals surface area contributed by atoms with Gasteiger partial charge in [0.25, 0.3) is 0 Å². The Bertz CT molecular complexity index is 381. The Morgan fingerprint density at radius 3 is 2.61 bits per heavy atom. The lowest BCUT2D eigenvalue weighted by atomic mass is 10.0. The van der Waals surface area contributed by atoms with Crippen molar-refractivity contribution in [3.63, 3.8) is 0 Å². The Morgan fingerprint density at radius 1 is 1.11 bits per heavy atom. The van der Waals surface area contributed by atoms with E-state index >= 15 is 0 Å². The van der Waals surface area contributed by atoms with Crippen LogP contribution in [0.3, 0.4) is 0 Å². The first-order chi connectivity index (χ1) is 8.90. The Morgan fingerprint density at radius 2 is 1.94 bits per heavy atom. The Kier molecular flexibility index (Phi) is 5.25. The largest absolute Gasteiger partial charge is 0.477 e. The second-order valence-electron chi connectivity index (χ2n) is 4.90. The molecule has 0 saturated carbocycles. The zero-order chi connectivity index (χ0) is 12.6. The lowest BCUT2D eigenvalue weighted by Gasteiger charge is -2.14. The third-order valence-electron chi connectivity index (χ3n) is 3.32. The predicted octanol–water partition coefficient (Wildman–Crippen LogP) is 3.98. The molecule has 2 rings (SSSR count). The van der Waals surface area contributed by atoms with Crippen molar-refractivity contribution in [2.45, 2.75) is 45.4 Å². The second-order valence-corrected chi connectivity index (χ2v) is 4.90. The van der Waals surface area contributed by atoms with E-state index in [4.69, 9.17) is 4.74 Å². The van der Waals surface area contributed by atoms with Crippen molar-refractivity contribution >= 4 is 5.90 Å². The van der Waals surface area contributed by atoms with Crippen LogP contribution in [0, 0.1) is 0 Å². The van der Waals surface area contributed by atoms with E-state index in [-0.39, 0.29) is 0 Å². The molecule has 0 saturated heterocycles. The Balaban J connectivity index is 1.87. The van der Waals surface area contributed by atoms with Crippen molar-refractivity contribution in [2.24, 2.45) is 4.99 Å². The number of hydrogen-bond donors (Lipinski definition) is 0. The monoisotopic (exact) mass is 245 g/mol. The van der Waals surface area contributed by atoms with E-state index in [9.17, 15) is 0 Å². The molecule has 0 unspecified atom stereocenters. The lowest BCUT2D eigenvalue weighted by Crippen LogP contribution is -2.14. The van der Waals surface area contributed by atoms with E-state index in [2.05, 4.69) is 36.2 Å². The van der Waals surface area contributed by atoms with Crippen LogP contribution in [-0.4, -0.2) is 19.0 Å². The van der Waals surface area contributed by atoms with Gasteiger partial charge in [-0.2, -0.15) is 0 Å². The van der Waals surface area contributed by atoms with Crippen LogP contribution in [0.4, 0.5) is 0 Å². The molecular formula is C16H23NO. The first-order valence-electron chi connectivity index (χ1n) is 7.16. The summed E-state index contributed by atoms with van der Waals surface area (Å²) in [6.45, 7) is 3.95. The van der Waals surface area contributed by atoms with E-state index in [1.54, 1.807) is 0 Å². The molecule has 1 aromatic rings. The molecule has 0 radical (unpaired) electrons. The zero-order valence-electron chi connectivity index (χ0n) is 11.3. The molecule has 1 aromatic carbocycles. The molecule has 0 fully saturated rings. The fraction of sp³-hybridized carbons (Fsp3) is 0.562. The van der Waals surface area contributed by atoms with Gasteiger partial charge in [0.05, 0.1) is 6.61 Å². The van der Waals surface area contributed by atoms with Gasteiger partial charge in [-0.25, -0.2) is 0 Å². The molecule has 0 N–H and O–H groups in total. The molecule has 2 heteroatoms. The Hall–Kier alpha value is -1.31. The molecule has 2 nitrogen and oxygen atoms in total. The maximum Gasteiger partial charge on any atom is 0.216 e. The van der Waals surface area contributed by atoms with Gasteiger partial charge in [-0.1, -0.05) is 38.3 Å². The molecular weight excluding hydrogens is 222 g/mol. The van der Waals surface area contributed by atoms with Gasteiger partial charge in [0.2, 0.25) is 5.90 Å². The number of aryl methyl sites for hydroxylation is 1. The van der Waals surface area contributed by atoms with Crippen LogP contribution in [0.2, 0.25) is 0 Å². The quantitative estimate of drug-likeness (QED) is 0.695. The highest BCUT2D eigenvalue weighted by molar-refractivity contribution is 5.94. The summed E-state index contributed by atoms with van der Waals surface area (Å²) in [5.74, 6) is 0.818. The smallest absolute Gasteiger partial charge is 0.216 e. The van der Waals surface area contributed by atoms with Crippen molar-refractivity contribution in [1.82, 2.24) is 0 Å². The van der Waals surface area contributed by atoms with Gasteiger partial charge in [-0.3, -0.25) is 4.99 Å². The van der Waals surface area contributed by atoms with Crippen LogP contribution >= 0.6 is 0 Å². The van der Waals surface area contributed by atoms with Crippen molar-refractivity contribution in [3.8, 4) is 0 Å². The molecule has 0 aromatic heterocycles. The van der Waals surface area contributed by atoms with Crippen LogP contribution in [0.5, 0.6) is 0 Å². The standard InChI is InChI=1S/C16H23NO/c1-2-3-4-5-7-14-8-10-15(11-9-14)16-17-12-6-13-18-16/h8-11H,2-7,12-13H2,1H3. The normalized spacial score (nSPS) is 15.1. The summed E-state index contributed by atoms with van der Waals surface area (Å²) in [7, 11) is 0. The van der Waals surface area contributed by atoms with Crippen molar-refractivity contribution < 1.29 is 4.74 Å². The van der Waals surface area contributed by atoms with Gasteiger partial charge in [-0.15, -0.1) is 0 Å². The van der Waals surface area contributed by atoms with Gasteiger partial charge < -0.3 is 4.74 Å². The average molecular weight is 245 g/mol. The van der Waals surface area contributed by atoms with Crippen LogP contribution in [0.25, 0.3) is 0 Å². The van der Waals surface area contributed by atoms with E-state index in [0.29, 0.717) is 0 Å². The van der Waals surface area contributed by atoms with Gasteiger partial charge in [0.15, 0.2) is 0 Å². The molecule has 18 heavy (non-hydrogen) atoms. The van der Waals surface area contributed by atoms with Gasteiger partial charge in [0.1, 0.15) is 0 Å². The number of rotatable bonds is 6. The maximum atomic E-state index is 5.57. The average Bonchev–Trinajstić information content (AvgIpc) is 2.45. The first-order valence-corrected chi connectivity index (χ1v) is 7.16. The third-order valence-corrected chi connectivity index (χ3v) is 3.32. The molecule has 1 aliphatic heterocycles. The number of ether oxygens (including phenoxy) is 1. The highest BCUT2D eigenvalue weighted by Crippen LogP contribution is 2.12. The van der Waals surface area contributed by atoms with E-state index in [0.717, 1.165) is 31.0 Å². The summed E-state index contributed by atoms with van der Waals surface area (Å²) in [4.78, 5) is 4.41. The maximum absolute atomic E-state index is 5.57. The third kappa shape index (κ3) is 3.86. The van der Waals surface area contributed by atoms with E-state index < -0.39 is 0 Å². The molecule has 1 heterocycles. The topological polar surface area (TPSA) is 21.6 Å². The predicted molar refractivity (Wildman–Crippen MR) is 76.3 cm³/mol. The summed E-state index contributed by atoms with van der Waals surface area (Å²) in [5, 5.41) is 0. The lowest BCUT2D eigenvalue weighted by molar-refractivity contribution is 0.284. The number of aliphatic imine (C=N–C) groups is 1. The molecule has 0 amide bonds. The summed E-state index contributed by atoms with van der Waals surface area (Å²) in [5.41, 5.74) is 2.54. The highest BCUT2D eigenvalue weighted by Gasteiger charge is 2.08. The molecule has 98 valence electrons.